The van der Waals surface area contributed by atoms with Gasteiger partial charge in [0.15, 0.2) is 5.60 Å². The highest BCUT2D eigenvalue weighted by molar-refractivity contribution is 5.95. The van der Waals surface area contributed by atoms with Gasteiger partial charge in [0.05, 0.1) is 18.7 Å². The Labute approximate surface area is 117 Å². The van der Waals surface area contributed by atoms with E-state index in [1.54, 1.807) is 11.0 Å². The van der Waals surface area contributed by atoms with Crippen LogP contribution in [0.2, 0.25) is 0 Å². The van der Waals surface area contributed by atoms with Crippen molar-refractivity contribution in [1.29, 1.82) is 0 Å². The van der Waals surface area contributed by atoms with Gasteiger partial charge in [-0.25, -0.2) is 9.59 Å². The van der Waals surface area contributed by atoms with Gasteiger partial charge in [-0.3, -0.25) is 4.90 Å². The summed E-state index contributed by atoms with van der Waals surface area (Å²) in [5.74, 6) is -0.315. The van der Waals surface area contributed by atoms with Gasteiger partial charge >= 0.3 is 12.1 Å². The maximum absolute atomic E-state index is 11.9. The smallest absolute Gasteiger partial charge is 0.410 e. The maximum atomic E-state index is 11.9. The topological polar surface area (TPSA) is 55.8 Å². The lowest BCUT2D eigenvalue weighted by atomic mass is 9.85. The molecule has 0 radical (unpaired) electrons. The molecular formula is C15H17NO4. The van der Waals surface area contributed by atoms with Gasteiger partial charge in [-0.15, -0.1) is 0 Å². The summed E-state index contributed by atoms with van der Waals surface area (Å²) in [6, 6.07) is 7.32. The van der Waals surface area contributed by atoms with E-state index < -0.39 is 11.2 Å². The third-order valence-corrected chi connectivity index (χ3v) is 3.47. The molecule has 2 aliphatic heterocycles. The van der Waals surface area contributed by atoms with Crippen molar-refractivity contribution >= 4 is 12.1 Å². The van der Waals surface area contributed by atoms with E-state index in [-0.39, 0.29) is 12.1 Å². The molecule has 1 aromatic carbocycles. The van der Waals surface area contributed by atoms with Gasteiger partial charge in [0, 0.05) is 5.56 Å². The van der Waals surface area contributed by atoms with Crippen molar-refractivity contribution in [3.8, 4) is 0 Å². The molecule has 0 aliphatic carbocycles. The molecule has 5 heteroatoms. The summed E-state index contributed by atoms with van der Waals surface area (Å²) in [5, 5.41) is 0. The van der Waals surface area contributed by atoms with Crippen LogP contribution in [0.15, 0.2) is 24.3 Å². The van der Waals surface area contributed by atoms with Gasteiger partial charge in [0.25, 0.3) is 0 Å². The van der Waals surface area contributed by atoms with E-state index in [0.717, 1.165) is 5.56 Å². The Balaban J connectivity index is 1.75. The molecule has 20 heavy (non-hydrogen) atoms. The number of fused-ring (bicyclic) bond motifs is 2. The Morgan fingerprint density at radius 3 is 2.60 bits per heavy atom. The summed E-state index contributed by atoms with van der Waals surface area (Å²) in [6.07, 6.45) is -0.372. The molecular weight excluding hydrogens is 258 g/mol. The Hall–Kier alpha value is -2.04. The molecule has 0 aromatic heterocycles. The zero-order valence-electron chi connectivity index (χ0n) is 11.8. The molecule has 2 aliphatic rings. The minimum Gasteiger partial charge on any atom is -0.447 e. The van der Waals surface area contributed by atoms with Crippen LogP contribution in [-0.2, 0) is 15.1 Å². The number of hydrogen-bond acceptors (Lipinski definition) is 4. The summed E-state index contributed by atoms with van der Waals surface area (Å²) in [5.41, 5.74) is 0.260. The van der Waals surface area contributed by atoms with E-state index in [9.17, 15) is 9.59 Å². The molecule has 1 aromatic rings. The van der Waals surface area contributed by atoms with Crippen molar-refractivity contribution in [2.45, 2.75) is 32.0 Å². The SMILES string of the molecule is CC(C)(C)OC(=O)N1CC2(C1)OC(=O)c1ccccc12. The van der Waals surface area contributed by atoms with Crippen molar-refractivity contribution < 1.29 is 19.1 Å². The quantitative estimate of drug-likeness (QED) is 0.682. The molecule has 5 nitrogen and oxygen atoms in total. The van der Waals surface area contributed by atoms with E-state index in [4.69, 9.17) is 9.47 Å². The van der Waals surface area contributed by atoms with Gasteiger partial charge in [-0.05, 0) is 26.8 Å². The largest absolute Gasteiger partial charge is 0.447 e. The highest BCUT2D eigenvalue weighted by Gasteiger charge is 2.56. The molecule has 1 amide bonds. The molecule has 1 saturated heterocycles. The van der Waals surface area contributed by atoms with E-state index in [1.165, 1.54) is 0 Å². The molecule has 1 fully saturated rings. The number of carbonyl (C=O) groups is 2. The minimum absolute atomic E-state index is 0.315. The van der Waals surface area contributed by atoms with E-state index in [0.29, 0.717) is 18.7 Å². The summed E-state index contributed by atoms with van der Waals surface area (Å²) < 4.78 is 10.8. The highest BCUT2D eigenvalue weighted by atomic mass is 16.6. The predicted molar refractivity (Wildman–Crippen MR) is 71.3 cm³/mol. The molecule has 2 heterocycles. The fraction of sp³-hybridized carbons (Fsp3) is 0.467. The zero-order chi connectivity index (χ0) is 14.5. The fourth-order valence-electron chi connectivity index (χ4n) is 2.61. The molecule has 0 bridgehead atoms. The van der Waals surface area contributed by atoms with Crippen LogP contribution in [0.5, 0.6) is 0 Å². The zero-order valence-corrected chi connectivity index (χ0v) is 11.8. The van der Waals surface area contributed by atoms with Gasteiger partial charge < -0.3 is 9.47 Å². The molecule has 0 saturated carbocycles. The van der Waals surface area contributed by atoms with Crippen LogP contribution in [0.1, 0.15) is 36.7 Å². The van der Waals surface area contributed by atoms with Gasteiger partial charge in [0.2, 0.25) is 0 Å². The summed E-state index contributed by atoms with van der Waals surface area (Å²) in [6.45, 7) is 6.18. The van der Waals surface area contributed by atoms with Crippen molar-refractivity contribution in [2.24, 2.45) is 0 Å². The first kappa shape index (κ1) is 13.0. The Kier molecular flexibility index (Phi) is 2.58. The van der Waals surface area contributed by atoms with Crippen molar-refractivity contribution in [1.82, 2.24) is 4.90 Å². The number of rotatable bonds is 0. The molecule has 3 rings (SSSR count). The van der Waals surface area contributed by atoms with E-state index in [2.05, 4.69) is 0 Å². The predicted octanol–water partition coefficient (Wildman–Crippen LogP) is 2.30. The monoisotopic (exact) mass is 275 g/mol. The summed E-state index contributed by atoms with van der Waals surface area (Å²) in [7, 11) is 0. The van der Waals surface area contributed by atoms with Crippen molar-refractivity contribution in [3.05, 3.63) is 35.4 Å². The standard InChI is InChI=1S/C15H17NO4/c1-14(2,3)20-13(18)16-8-15(9-16)11-7-5-4-6-10(11)12(17)19-15/h4-7H,8-9H2,1-3H3. The van der Waals surface area contributed by atoms with Crippen LogP contribution in [0.4, 0.5) is 4.79 Å². The summed E-state index contributed by atoms with van der Waals surface area (Å²) >= 11 is 0. The van der Waals surface area contributed by atoms with Crippen molar-refractivity contribution in [3.63, 3.8) is 0 Å². The van der Waals surface area contributed by atoms with Crippen LogP contribution in [0.25, 0.3) is 0 Å². The second kappa shape index (κ2) is 3.98. The first-order valence-corrected chi connectivity index (χ1v) is 6.62. The minimum atomic E-state index is -0.676. The van der Waals surface area contributed by atoms with Crippen LogP contribution >= 0.6 is 0 Å². The number of carbonyl (C=O) groups excluding carboxylic acids is 2. The number of likely N-dealkylation sites (tertiary alicyclic amines) is 1. The number of nitrogens with zero attached hydrogens (tertiary/aromatic N) is 1. The van der Waals surface area contributed by atoms with Crippen LogP contribution in [0.3, 0.4) is 0 Å². The highest BCUT2D eigenvalue weighted by Crippen LogP contribution is 2.43. The molecule has 0 unspecified atom stereocenters. The van der Waals surface area contributed by atoms with E-state index in [1.807, 2.05) is 39.0 Å². The Bertz CT molecular complexity index is 582. The average Bonchev–Trinajstić information content (AvgIpc) is 2.59. The van der Waals surface area contributed by atoms with Crippen LogP contribution in [0, 0.1) is 0 Å². The summed E-state index contributed by atoms with van der Waals surface area (Å²) in [4.78, 5) is 25.3. The number of hydrogen-bond donors (Lipinski definition) is 0. The number of esters is 1. The first-order valence-electron chi connectivity index (χ1n) is 6.62. The molecule has 0 N–H and O–H groups in total. The maximum Gasteiger partial charge on any atom is 0.410 e. The lowest BCUT2D eigenvalue weighted by Gasteiger charge is -2.46. The lowest BCUT2D eigenvalue weighted by Crippen LogP contribution is -2.62. The van der Waals surface area contributed by atoms with Gasteiger partial charge in [-0.2, -0.15) is 0 Å². The second-order valence-corrected chi connectivity index (χ2v) is 6.27. The lowest BCUT2D eigenvalue weighted by molar-refractivity contribution is -0.104. The normalized spacial score (nSPS) is 19.4. The Morgan fingerprint density at radius 2 is 1.95 bits per heavy atom. The molecule has 1 spiro atoms. The average molecular weight is 275 g/mol. The van der Waals surface area contributed by atoms with Gasteiger partial charge in [0.1, 0.15) is 5.60 Å². The molecule has 106 valence electrons. The third-order valence-electron chi connectivity index (χ3n) is 3.47. The number of benzene rings is 1. The fourth-order valence-corrected chi connectivity index (χ4v) is 2.61. The second-order valence-electron chi connectivity index (χ2n) is 6.27. The first-order chi connectivity index (χ1) is 9.31. The van der Waals surface area contributed by atoms with Crippen molar-refractivity contribution in [2.75, 3.05) is 13.1 Å². The molecule has 0 atom stereocenters. The van der Waals surface area contributed by atoms with Gasteiger partial charge in [-0.1, -0.05) is 18.2 Å². The number of ether oxygens (including phenoxy) is 2. The van der Waals surface area contributed by atoms with Crippen LogP contribution < -0.4 is 0 Å². The number of amides is 1. The van der Waals surface area contributed by atoms with Crippen LogP contribution in [-0.4, -0.2) is 35.7 Å². The Morgan fingerprint density at radius 1 is 1.30 bits per heavy atom. The third kappa shape index (κ3) is 1.94. The van der Waals surface area contributed by atoms with E-state index >= 15 is 0 Å².